The van der Waals surface area contributed by atoms with E-state index in [1.54, 1.807) is 20.8 Å². The van der Waals surface area contributed by atoms with Crippen LogP contribution in [0.1, 0.15) is 38.7 Å². The van der Waals surface area contributed by atoms with Gasteiger partial charge in [0.05, 0.1) is 12.3 Å². The number of hydrogen-bond donors (Lipinski definition) is 3. The van der Waals surface area contributed by atoms with Gasteiger partial charge in [0.1, 0.15) is 11.4 Å². The number of ether oxygens (including phenoxy) is 1. The lowest BCUT2D eigenvalue weighted by Crippen LogP contribution is -2.28. The Bertz CT molecular complexity index is 623. The van der Waals surface area contributed by atoms with E-state index in [0.29, 0.717) is 0 Å². The molecule has 7 nitrogen and oxygen atoms in total. The number of carboxylic acids is 2. The molecular formula is C15H18FNO6. The van der Waals surface area contributed by atoms with Crippen molar-refractivity contribution in [1.29, 1.82) is 0 Å². The fraction of sp³-hybridized carbons (Fsp3) is 0.400. The van der Waals surface area contributed by atoms with E-state index in [0.717, 1.165) is 18.2 Å². The molecule has 0 aliphatic heterocycles. The number of benzene rings is 1. The number of rotatable bonds is 5. The lowest BCUT2D eigenvalue weighted by Gasteiger charge is -2.21. The van der Waals surface area contributed by atoms with Gasteiger partial charge in [-0.15, -0.1) is 0 Å². The minimum atomic E-state index is -1.51. The minimum Gasteiger partial charge on any atom is -0.481 e. The third kappa shape index (κ3) is 5.93. The molecule has 1 aromatic carbocycles. The summed E-state index contributed by atoms with van der Waals surface area (Å²) < 4.78 is 18.5. The Balaban J connectivity index is 3.16. The van der Waals surface area contributed by atoms with Gasteiger partial charge < -0.3 is 14.9 Å². The Morgan fingerprint density at radius 1 is 1.26 bits per heavy atom. The summed E-state index contributed by atoms with van der Waals surface area (Å²) in [5, 5.41) is 20.3. The topological polar surface area (TPSA) is 113 Å². The lowest BCUT2D eigenvalue weighted by atomic mass is 9.94. The van der Waals surface area contributed by atoms with E-state index in [2.05, 4.69) is 5.32 Å². The van der Waals surface area contributed by atoms with E-state index in [1.807, 2.05) is 0 Å². The predicted octanol–water partition coefficient (Wildman–Crippen LogP) is 2.82. The monoisotopic (exact) mass is 327 g/mol. The van der Waals surface area contributed by atoms with Crippen molar-refractivity contribution >= 4 is 23.7 Å². The van der Waals surface area contributed by atoms with Crippen LogP contribution in [0, 0.1) is 5.82 Å². The van der Waals surface area contributed by atoms with Gasteiger partial charge in [0.25, 0.3) is 0 Å². The molecule has 1 amide bonds. The Kier molecular flexibility index (Phi) is 5.67. The van der Waals surface area contributed by atoms with Crippen LogP contribution in [0.25, 0.3) is 0 Å². The largest absolute Gasteiger partial charge is 0.481 e. The first-order chi connectivity index (χ1) is 10.5. The van der Waals surface area contributed by atoms with Gasteiger partial charge in [-0.25, -0.2) is 9.18 Å². The summed E-state index contributed by atoms with van der Waals surface area (Å²) in [4.78, 5) is 33.9. The van der Waals surface area contributed by atoms with Crippen molar-refractivity contribution in [2.75, 3.05) is 5.32 Å². The van der Waals surface area contributed by atoms with Crippen molar-refractivity contribution in [2.24, 2.45) is 0 Å². The fourth-order valence-corrected chi connectivity index (χ4v) is 1.85. The molecule has 0 fully saturated rings. The highest BCUT2D eigenvalue weighted by Gasteiger charge is 2.27. The molecule has 0 saturated carbocycles. The van der Waals surface area contributed by atoms with Crippen molar-refractivity contribution in [1.82, 2.24) is 0 Å². The van der Waals surface area contributed by atoms with Gasteiger partial charge in [-0.3, -0.25) is 14.9 Å². The highest BCUT2D eigenvalue weighted by molar-refractivity contribution is 5.90. The van der Waals surface area contributed by atoms with Gasteiger partial charge in [-0.05, 0) is 44.5 Å². The van der Waals surface area contributed by atoms with Gasteiger partial charge >= 0.3 is 18.0 Å². The Morgan fingerprint density at radius 3 is 2.35 bits per heavy atom. The molecule has 1 unspecified atom stereocenters. The third-order valence-electron chi connectivity index (χ3n) is 2.70. The summed E-state index contributed by atoms with van der Waals surface area (Å²) in [6.07, 6.45) is -1.60. The lowest BCUT2D eigenvalue weighted by molar-refractivity contribution is -0.145. The third-order valence-corrected chi connectivity index (χ3v) is 2.70. The van der Waals surface area contributed by atoms with E-state index < -0.39 is 41.8 Å². The Labute approximate surface area is 132 Å². The summed E-state index contributed by atoms with van der Waals surface area (Å²) in [6, 6.07) is 3.07. The van der Waals surface area contributed by atoms with Crippen molar-refractivity contribution in [3.8, 4) is 0 Å². The molecular weight excluding hydrogens is 309 g/mol. The molecule has 8 heteroatoms. The van der Waals surface area contributed by atoms with Crippen molar-refractivity contribution in [2.45, 2.75) is 38.7 Å². The zero-order valence-electron chi connectivity index (χ0n) is 12.9. The van der Waals surface area contributed by atoms with Gasteiger partial charge in [-0.1, -0.05) is 0 Å². The molecule has 1 rings (SSSR count). The number of nitrogens with one attached hydrogen (secondary N) is 1. The fourth-order valence-electron chi connectivity index (χ4n) is 1.85. The molecule has 1 atom stereocenters. The molecule has 23 heavy (non-hydrogen) atoms. The van der Waals surface area contributed by atoms with E-state index in [1.165, 1.54) is 0 Å². The van der Waals surface area contributed by atoms with E-state index in [-0.39, 0.29) is 11.3 Å². The molecule has 0 aliphatic carbocycles. The van der Waals surface area contributed by atoms with Crippen LogP contribution >= 0.6 is 0 Å². The van der Waals surface area contributed by atoms with E-state index in [9.17, 15) is 23.9 Å². The van der Waals surface area contributed by atoms with Crippen molar-refractivity contribution in [3.05, 3.63) is 29.6 Å². The molecule has 0 bridgehead atoms. The maximum Gasteiger partial charge on any atom is 0.412 e. The summed E-state index contributed by atoms with van der Waals surface area (Å²) >= 11 is 0. The molecule has 0 aliphatic rings. The number of amides is 1. The molecule has 1 aromatic rings. The second-order valence-corrected chi connectivity index (χ2v) is 5.85. The van der Waals surface area contributed by atoms with Crippen molar-refractivity contribution < 1.29 is 33.7 Å². The highest BCUT2D eigenvalue weighted by atomic mass is 19.1. The Morgan fingerprint density at radius 2 is 1.87 bits per heavy atom. The van der Waals surface area contributed by atoms with Crippen LogP contribution in [-0.4, -0.2) is 33.8 Å². The number of carbonyl (C=O) groups is 3. The normalized spacial score (nSPS) is 12.3. The maximum absolute atomic E-state index is 13.4. The zero-order chi connectivity index (χ0) is 17.8. The number of hydrogen-bond acceptors (Lipinski definition) is 4. The molecule has 0 saturated heterocycles. The molecule has 0 aromatic heterocycles. The minimum absolute atomic E-state index is 0.0192. The number of aliphatic carboxylic acids is 2. The number of carboxylic acid groups (broad SMARTS) is 2. The first-order valence-electron chi connectivity index (χ1n) is 6.73. The van der Waals surface area contributed by atoms with Gasteiger partial charge in [0.2, 0.25) is 0 Å². The standard InChI is InChI=1S/C15H18FNO6/c1-15(2,3)23-14(22)17-11-5-4-8(16)6-9(11)10(13(20)21)7-12(18)19/h4-6,10H,7H2,1-3H3,(H,17,22)(H,18,19)(H,20,21). The van der Waals surface area contributed by atoms with Gasteiger partial charge in [0, 0.05) is 5.69 Å². The molecule has 126 valence electrons. The number of halogens is 1. The van der Waals surface area contributed by atoms with Crippen LogP contribution in [0.2, 0.25) is 0 Å². The summed E-state index contributed by atoms with van der Waals surface area (Å²) in [7, 11) is 0. The molecule has 0 spiro atoms. The quantitative estimate of drug-likeness (QED) is 0.766. The first-order valence-corrected chi connectivity index (χ1v) is 6.73. The molecule has 0 radical (unpaired) electrons. The second kappa shape index (κ2) is 7.08. The summed E-state index contributed by atoms with van der Waals surface area (Å²) in [6.45, 7) is 4.92. The maximum atomic E-state index is 13.4. The van der Waals surface area contributed by atoms with Crippen LogP contribution < -0.4 is 5.32 Å². The zero-order valence-corrected chi connectivity index (χ0v) is 12.9. The first kappa shape index (κ1) is 18.4. The van der Waals surface area contributed by atoms with Crippen LogP contribution in [0.3, 0.4) is 0 Å². The average Bonchev–Trinajstić information content (AvgIpc) is 2.35. The van der Waals surface area contributed by atoms with Crippen LogP contribution in [0.4, 0.5) is 14.9 Å². The average molecular weight is 327 g/mol. The number of carbonyl (C=O) groups excluding carboxylic acids is 1. The summed E-state index contributed by atoms with van der Waals surface area (Å²) in [5.41, 5.74) is -0.947. The van der Waals surface area contributed by atoms with E-state index in [4.69, 9.17) is 9.84 Å². The van der Waals surface area contributed by atoms with Gasteiger partial charge in [-0.2, -0.15) is 0 Å². The number of anilines is 1. The van der Waals surface area contributed by atoms with Crippen LogP contribution in [0.5, 0.6) is 0 Å². The van der Waals surface area contributed by atoms with Crippen LogP contribution in [-0.2, 0) is 14.3 Å². The molecule has 3 N–H and O–H groups in total. The second-order valence-electron chi connectivity index (χ2n) is 5.85. The predicted molar refractivity (Wildman–Crippen MR) is 78.9 cm³/mol. The molecule has 0 heterocycles. The smallest absolute Gasteiger partial charge is 0.412 e. The Hall–Kier alpha value is -2.64. The van der Waals surface area contributed by atoms with Crippen molar-refractivity contribution in [3.63, 3.8) is 0 Å². The van der Waals surface area contributed by atoms with E-state index >= 15 is 0 Å². The summed E-state index contributed by atoms with van der Waals surface area (Å²) in [5.74, 6) is -5.05. The van der Waals surface area contributed by atoms with Crippen LogP contribution in [0.15, 0.2) is 18.2 Å². The highest BCUT2D eigenvalue weighted by Crippen LogP contribution is 2.29. The SMILES string of the molecule is CC(C)(C)OC(=O)Nc1ccc(F)cc1C(CC(=O)O)C(=O)O. The van der Waals surface area contributed by atoms with Gasteiger partial charge in [0.15, 0.2) is 0 Å².